The average Bonchev–Trinajstić information content (AvgIpc) is 2.99. The standard InChI is InChI=1S/C12H16BrNO/c1-8(15)11-7-9(13)3-6-12(11)14(2)10-4-5-10/h3,6-8,10,15H,4-5H2,1-2H3. The van der Waals surface area contributed by atoms with Crippen LogP contribution in [0, 0.1) is 0 Å². The molecule has 1 N–H and O–H groups in total. The Hall–Kier alpha value is -0.540. The summed E-state index contributed by atoms with van der Waals surface area (Å²) in [6.45, 7) is 1.81. The summed E-state index contributed by atoms with van der Waals surface area (Å²) in [6.07, 6.45) is 2.12. The number of benzene rings is 1. The highest BCUT2D eigenvalue weighted by molar-refractivity contribution is 9.10. The van der Waals surface area contributed by atoms with Crippen LogP contribution in [-0.4, -0.2) is 18.2 Å². The number of aliphatic hydroxyl groups is 1. The van der Waals surface area contributed by atoms with E-state index in [1.54, 1.807) is 0 Å². The molecule has 0 bridgehead atoms. The van der Waals surface area contributed by atoms with E-state index < -0.39 is 6.10 Å². The van der Waals surface area contributed by atoms with Gasteiger partial charge >= 0.3 is 0 Å². The van der Waals surface area contributed by atoms with Gasteiger partial charge in [0.2, 0.25) is 0 Å². The topological polar surface area (TPSA) is 23.5 Å². The van der Waals surface area contributed by atoms with Crippen LogP contribution in [0.1, 0.15) is 31.4 Å². The smallest absolute Gasteiger partial charge is 0.0782 e. The third-order valence-corrected chi connectivity index (χ3v) is 3.41. The average molecular weight is 270 g/mol. The molecule has 0 spiro atoms. The maximum atomic E-state index is 9.73. The van der Waals surface area contributed by atoms with Gasteiger partial charge in [-0.15, -0.1) is 0 Å². The van der Waals surface area contributed by atoms with E-state index in [1.165, 1.54) is 12.8 Å². The van der Waals surface area contributed by atoms with Crippen molar-refractivity contribution < 1.29 is 5.11 Å². The van der Waals surface area contributed by atoms with Crippen LogP contribution in [0.4, 0.5) is 5.69 Å². The second-order valence-corrected chi connectivity index (χ2v) is 5.14. The molecule has 1 aromatic rings. The number of nitrogens with zero attached hydrogens (tertiary/aromatic N) is 1. The Kier molecular flexibility index (Phi) is 3.03. The molecule has 1 aliphatic carbocycles. The van der Waals surface area contributed by atoms with Gasteiger partial charge in [0.15, 0.2) is 0 Å². The fraction of sp³-hybridized carbons (Fsp3) is 0.500. The van der Waals surface area contributed by atoms with Crippen molar-refractivity contribution >= 4 is 21.6 Å². The Morgan fingerprint density at radius 3 is 2.67 bits per heavy atom. The summed E-state index contributed by atoms with van der Waals surface area (Å²) in [6, 6.07) is 6.77. The minimum absolute atomic E-state index is 0.418. The van der Waals surface area contributed by atoms with Gasteiger partial charge in [-0.05, 0) is 38.0 Å². The van der Waals surface area contributed by atoms with Crippen LogP contribution in [-0.2, 0) is 0 Å². The molecule has 15 heavy (non-hydrogen) atoms. The number of hydrogen-bond donors (Lipinski definition) is 1. The lowest BCUT2D eigenvalue weighted by molar-refractivity contribution is 0.199. The molecular weight excluding hydrogens is 254 g/mol. The van der Waals surface area contributed by atoms with Gasteiger partial charge in [0.05, 0.1) is 6.10 Å². The molecule has 0 radical (unpaired) electrons. The van der Waals surface area contributed by atoms with Crippen molar-refractivity contribution in [2.45, 2.75) is 31.9 Å². The highest BCUT2D eigenvalue weighted by Crippen LogP contribution is 2.35. The van der Waals surface area contributed by atoms with E-state index in [2.05, 4.69) is 33.9 Å². The monoisotopic (exact) mass is 269 g/mol. The van der Waals surface area contributed by atoms with Gasteiger partial charge in [0, 0.05) is 28.8 Å². The molecule has 0 saturated heterocycles. The zero-order chi connectivity index (χ0) is 11.0. The Balaban J connectivity index is 2.35. The summed E-state index contributed by atoms with van der Waals surface area (Å²) in [7, 11) is 2.10. The van der Waals surface area contributed by atoms with Gasteiger partial charge in [-0.2, -0.15) is 0 Å². The van der Waals surface area contributed by atoms with Crippen LogP contribution in [0.3, 0.4) is 0 Å². The number of rotatable bonds is 3. The van der Waals surface area contributed by atoms with Crippen LogP contribution in [0.5, 0.6) is 0 Å². The third-order valence-electron chi connectivity index (χ3n) is 2.91. The predicted molar refractivity (Wildman–Crippen MR) is 66.2 cm³/mol. The first-order valence-electron chi connectivity index (χ1n) is 5.30. The van der Waals surface area contributed by atoms with Crippen LogP contribution in [0.15, 0.2) is 22.7 Å². The second-order valence-electron chi connectivity index (χ2n) is 4.22. The minimum atomic E-state index is -0.418. The van der Waals surface area contributed by atoms with Crippen molar-refractivity contribution in [3.63, 3.8) is 0 Å². The summed E-state index contributed by atoms with van der Waals surface area (Å²) in [5.41, 5.74) is 2.15. The van der Waals surface area contributed by atoms with Crippen molar-refractivity contribution in [2.24, 2.45) is 0 Å². The fourth-order valence-electron chi connectivity index (χ4n) is 1.84. The number of hydrogen-bond acceptors (Lipinski definition) is 2. The molecule has 1 unspecified atom stereocenters. The molecule has 1 aromatic carbocycles. The van der Waals surface area contributed by atoms with Crippen molar-refractivity contribution in [1.82, 2.24) is 0 Å². The Morgan fingerprint density at radius 1 is 1.47 bits per heavy atom. The summed E-state index contributed by atoms with van der Waals surface area (Å²) in [4.78, 5) is 2.27. The van der Waals surface area contributed by atoms with Gasteiger partial charge in [0.25, 0.3) is 0 Å². The first kappa shape index (κ1) is 11.0. The van der Waals surface area contributed by atoms with E-state index in [4.69, 9.17) is 0 Å². The number of aliphatic hydroxyl groups excluding tert-OH is 1. The van der Waals surface area contributed by atoms with Crippen molar-refractivity contribution in [2.75, 3.05) is 11.9 Å². The van der Waals surface area contributed by atoms with Gasteiger partial charge in [-0.25, -0.2) is 0 Å². The number of anilines is 1. The molecule has 82 valence electrons. The van der Waals surface area contributed by atoms with Crippen molar-refractivity contribution in [3.8, 4) is 0 Å². The quantitative estimate of drug-likeness (QED) is 0.912. The maximum Gasteiger partial charge on any atom is 0.0782 e. The normalized spacial score (nSPS) is 17.6. The zero-order valence-corrected chi connectivity index (χ0v) is 10.7. The summed E-state index contributed by atoms with van der Waals surface area (Å²) < 4.78 is 1.02. The maximum absolute atomic E-state index is 9.73. The Labute approximate surface area is 99.0 Å². The fourth-order valence-corrected chi connectivity index (χ4v) is 2.22. The molecular formula is C12H16BrNO. The molecule has 2 rings (SSSR count). The van der Waals surface area contributed by atoms with Gasteiger partial charge < -0.3 is 10.0 Å². The highest BCUT2D eigenvalue weighted by atomic mass is 79.9. The third kappa shape index (κ3) is 2.34. The van der Waals surface area contributed by atoms with Crippen LogP contribution < -0.4 is 4.90 Å². The lowest BCUT2D eigenvalue weighted by Crippen LogP contribution is -2.21. The highest BCUT2D eigenvalue weighted by Gasteiger charge is 2.28. The summed E-state index contributed by atoms with van der Waals surface area (Å²) >= 11 is 3.44. The minimum Gasteiger partial charge on any atom is -0.389 e. The lowest BCUT2D eigenvalue weighted by atomic mass is 10.1. The van der Waals surface area contributed by atoms with E-state index >= 15 is 0 Å². The molecule has 1 saturated carbocycles. The SMILES string of the molecule is CC(O)c1cc(Br)ccc1N(C)C1CC1. The van der Waals surface area contributed by atoms with Gasteiger partial charge in [-0.1, -0.05) is 15.9 Å². The van der Waals surface area contributed by atoms with E-state index in [-0.39, 0.29) is 0 Å². The Morgan fingerprint density at radius 2 is 2.13 bits per heavy atom. The largest absolute Gasteiger partial charge is 0.389 e. The zero-order valence-electron chi connectivity index (χ0n) is 9.07. The van der Waals surface area contributed by atoms with Crippen molar-refractivity contribution in [3.05, 3.63) is 28.2 Å². The Bertz CT molecular complexity index is 361. The van der Waals surface area contributed by atoms with Gasteiger partial charge in [-0.3, -0.25) is 0 Å². The van der Waals surface area contributed by atoms with Crippen LogP contribution >= 0.6 is 15.9 Å². The van der Waals surface area contributed by atoms with Crippen LogP contribution in [0.2, 0.25) is 0 Å². The predicted octanol–water partition coefficient (Wildman–Crippen LogP) is 3.10. The number of halogens is 1. The van der Waals surface area contributed by atoms with Gasteiger partial charge in [0.1, 0.15) is 0 Å². The summed E-state index contributed by atoms with van der Waals surface area (Å²) in [5, 5.41) is 9.73. The van der Waals surface area contributed by atoms with E-state index in [1.807, 2.05) is 19.1 Å². The molecule has 1 atom stereocenters. The van der Waals surface area contributed by atoms with E-state index in [0.717, 1.165) is 15.7 Å². The molecule has 2 nitrogen and oxygen atoms in total. The first-order valence-corrected chi connectivity index (χ1v) is 6.09. The lowest BCUT2D eigenvalue weighted by Gasteiger charge is -2.23. The molecule has 0 amide bonds. The summed E-state index contributed by atoms with van der Waals surface area (Å²) in [5.74, 6) is 0. The molecule has 1 aliphatic rings. The second kappa shape index (κ2) is 4.14. The van der Waals surface area contributed by atoms with E-state index in [0.29, 0.717) is 6.04 Å². The molecule has 0 heterocycles. The van der Waals surface area contributed by atoms with E-state index in [9.17, 15) is 5.11 Å². The van der Waals surface area contributed by atoms with Crippen molar-refractivity contribution in [1.29, 1.82) is 0 Å². The molecule has 1 fully saturated rings. The molecule has 3 heteroatoms. The van der Waals surface area contributed by atoms with Crippen LogP contribution in [0.25, 0.3) is 0 Å². The molecule has 0 aliphatic heterocycles. The first-order chi connectivity index (χ1) is 7.09. The molecule has 0 aromatic heterocycles.